The molecule has 1 fully saturated rings. The van der Waals surface area contributed by atoms with Gasteiger partial charge in [0.15, 0.2) is 0 Å². The van der Waals surface area contributed by atoms with Crippen molar-refractivity contribution < 1.29 is 4.79 Å². The molecule has 1 aliphatic heterocycles. The smallest absolute Gasteiger partial charge is 0.254 e. The highest BCUT2D eigenvalue weighted by molar-refractivity contribution is 5.93. The maximum atomic E-state index is 12.5. The van der Waals surface area contributed by atoms with Crippen LogP contribution in [-0.2, 0) is 0 Å². The van der Waals surface area contributed by atoms with Crippen molar-refractivity contribution in [1.29, 1.82) is 0 Å². The lowest BCUT2D eigenvalue weighted by molar-refractivity contribution is 0.0939. The SMILES string of the molecule is CC(NC(=O)c1cnc(N2CCN(c3ccccn3)CC2)nc1)c1ccccc1. The summed E-state index contributed by atoms with van der Waals surface area (Å²) in [5, 5.41) is 2.99. The molecule has 1 amide bonds. The average Bonchev–Trinajstić information content (AvgIpc) is 2.80. The highest BCUT2D eigenvalue weighted by Crippen LogP contribution is 2.16. The first-order valence-corrected chi connectivity index (χ1v) is 9.79. The molecule has 1 unspecified atom stereocenters. The lowest BCUT2D eigenvalue weighted by Gasteiger charge is -2.35. The van der Waals surface area contributed by atoms with Gasteiger partial charge >= 0.3 is 0 Å². The minimum Gasteiger partial charge on any atom is -0.353 e. The number of piperazine rings is 1. The Labute approximate surface area is 170 Å². The number of hydrogen-bond donors (Lipinski definition) is 1. The third-order valence-electron chi connectivity index (χ3n) is 5.08. The summed E-state index contributed by atoms with van der Waals surface area (Å²) in [4.78, 5) is 30.1. The number of aromatic nitrogens is 3. The number of nitrogens with one attached hydrogen (secondary N) is 1. The molecule has 0 radical (unpaired) electrons. The third kappa shape index (κ3) is 4.51. The predicted octanol–water partition coefficient (Wildman–Crippen LogP) is 2.69. The fraction of sp³-hybridized carbons (Fsp3) is 0.273. The highest BCUT2D eigenvalue weighted by atomic mass is 16.1. The molecule has 1 atom stereocenters. The van der Waals surface area contributed by atoms with Crippen LogP contribution in [0.25, 0.3) is 0 Å². The summed E-state index contributed by atoms with van der Waals surface area (Å²) in [7, 11) is 0. The van der Waals surface area contributed by atoms with Crippen LogP contribution < -0.4 is 15.1 Å². The lowest BCUT2D eigenvalue weighted by Crippen LogP contribution is -2.47. The summed E-state index contributed by atoms with van der Waals surface area (Å²) in [5.41, 5.74) is 1.52. The van der Waals surface area contributed by atoms with E-state index in [1.54, 1.807) is 12.4 Å². The molecule has 1 aliphatic rings. The second-order valence-corrected chi connectivity index (χ2v) is 7.04. The largest absolute Gasteiger partial charge is 0.353 e. The van der Waals surface area contributed by atoms with Crippen molar-refractivity contribution in [3.05, 3.63) is 78.2 Å². The van der Waals surface area contributed by atoms with Crippen molar-refractivity contribution in [1.82, 2.24) is 20.3 Å². The van der Waals surface area contributed by atoms with Gasteiger partial charge in [-0.05, 0) is 24.6 Å². The van der Waals surface area contributed by atoms with Gasteiger partial charge in [0, 0.05) is 44.8 Å². The standard InChI is InChI=1S/C22H24N6O/c1-17(18-7-3-2-4-8-18)26-21(29)19-15-24-22(25-16-19)28-13-11-27(12-14-28)20-9-5-6-10-23-20/h2-10,15-17H,11-14H2,1H3,(H,26,29). The van der Waals surface area contributed by atoms with Gasteiger partial charge < -0.3 is 15.1 Å². The number of pyridine rings is 1. The first-order valence-electron chi connectivity index (χ1n) is 9.79. The molecular formula is C22H24N6O. The normalized spacial score (nSPS) is 15.1. The van der Waals surface area contributed by atoms with Crippen molar-refractivity contribution in [3.8, 4) is 0 Å². The molecule has 4 rings (SSSR count). The van der Waals surface area contributed by atoms with Crippen molar-refractivity contribution in [2.24, 2.45) is 0 Å². The van der Waals surface area contributed by atoms with Crippen molar-refractivity contribution in [3.63, 3.8) is 0 Å². The lowest BCUT2D eigenvalue weighted by atomic mass is 10.1. The minimum atomic E-state index is -0.173. The van der Waals surface area contributed by atoms with Crippen LogP contribution in [0.5, 0.6) is 0 Å². The van der Waals surface area contributed by atoms with Crippen LogP contribution in [0.15, 0.2) is 67.1 Å². The third-order valence-corrected chi connectivity index (χ3v) is 5.08. The van der Waals surface area contributed by atoms with Crippen molar-refractivity contribution in [2.75, 3.05) is 36.0 Å². The molecule has 148 valence electrons. The van der Waals surface area contributed by atoms with Crippen molar-refractivity contribution in [2.45, 2.75) is 13.0 Å². The monoisotopic (exact) mass is 388 g/mol. The van der Waals surface area contributed by atoms with Crippen LogP contribution in [0, 0.1) is 0 Å². The number of benzene rings is 1. The quantitative estimate of drug-likeness (QED) is 0.724. The molecule has 29 heavy (non-hydrogen) atoms. The Balaban J connectivity index is 1.34. The number of rotatable bonds is 5. The van der Waals surface area contributed by atoms with Gasteiger partial charge in [0.1, 0.15) is 5.82 Å². The molecule has 0 saturated carbocycles. The summed E-state index contributed by atoms with van der Waals surface area (Å²) in [6.07, 6.45) is 5.01. The maximum absolute atomic E-state index is 12.5. The van der Waals surface area contributed by atoms with Gasteiger partial charge in [-0.1, -0.05) is 36.4 Å². The zero-order valence-electron chi connectivity index (χ0n) is 16.4. The van der Waals surface area contributed by atoms with E-state index in [1.165, 1.54) is 0 Å². The Bertz CT molecular complexity index is 925. The zero-order valence-corrected chi connectivity index (χ0v) is 16.4. The molecule has 1 aromatic carbocycles. The predicted molar refractivity (Wildman–Crippen MR) is 113 cm³/mol. The topological polar surface area (TPSA) is 74.2 Å². The second kappa shape index (κ2) is 8.68. The number of nitrogens with zero attached hydrogens (tertiary/aromatic N) is 5. The number of amides is 1. The summed E-state index contributed by atoms with van der Waals surface area (Å²) in [6, 6.07) is 15.7. The van der Waals surface area contributed by atoms with Crippen molar-refractivity contribution >= 4 is 17.7 Å². The summed E-state index contributed by atoms with van der Waals surface area (Å²) in [5.74, 6) is 1.47. The highest BCUT2D eigenvalue weighted by Gasteiger charge is 2.20. The summed E-state index contributed by atoms with van der Waals surface area (Å²) >= 11 is 0. The fourth-order valence-electron chi connectivity index (χ4n) is 3.38. The van der Waals surface area contributed by atoms with Crippen LogP contribution in [-0.4, -0.2) is 47.0 Å². The van der Waals surface area contributed by atoms with E-state index in [-0.39, 0.29) is 11.9 Å². The molecule has 1 saturated heterocycles. The Morgan fingerprint density at radius 3 is 2.21 bits per heavy atom. The molecule has 3 aromatic rings. The van der Waals surface area contributed by atoms with Crippen LogP contribution in [0.2, 0.25) is 0 Å². The molecule has 2 aromatic heterocycles. The Morgan fingerprint density at radius 1 is 0.897 bits per heavy atom. The fourth-order valence-corrected chi connectivity index (χ4v) is 3.38. The van der Waals surface area contributed by atoms with E-state index in [2.05, 4.69) is 30.1 Å². The number of carbonyl (C=O) groups excluding carboxylic acids is 1. The van der Waals surface area contributed by atoms with Crippen LogP contribution >= 0.6 is 0 Å². The average molecular weight is 388 g/mol. The Morgan fingerprint density at radius 2 is 1.55 bits per heavy atom. The van der Waals surface area contributed by atoms with Gasteiger partial charge in [-0.25, -0.2) is 15.0 Å². The van der Waals surface area contributed by atoms with Gasteiger partial charge in [-0.3, -0.25) is 4.79 Å². The van der Waals surface area contributed by atoms with E-state index < -0.39 is 0 Å². The van der Waals surface area contributed by atoms with Gasteiger partial charge in [0.25, 0.3) is 5.91 Å². The van der Waals surface area contributed by atoms with Gasteiger partial charge in [0.2, 0.25) is 5.95 Å². The number of carbonyl (C=O) groups is 1. The molecule has 1 N–H and O–H groups in total. The van der Waals surface area contributed by atoms with Gasteiger partial charge in [-0.2, -0.15) is 0 Å². The number of anilines is 2. The second-order valence-electron chi connectivity index (χ2n) is 7.04. The van der Waals surface area contributed by atoms with Crippen LogP contribution in [0.3, 0.4) is 0 Å². The van der Waals surface area contributed by atoms with E-state index in [0.29, 0.717) is 11.5 Å². The van der Waals surface area contributed by atoms with E-state index in [9.17, 15) is 4.79 Å². The molecule has 7 nitrogen and oxygen atoms in total. The molecule has 0 spiro atoms. The van der Waals surface area contributed by atoms with E-state index in [4.69, 9.17) is 0 Å². The molecule has 3 heterocycles. The first-order chi connectivity index (χ1) is 14.2. The summed E-state index contributed by atoms with van der Waals surface area (Å²) in [6.45, 7) is 5.30. The van der Waals surface area contributed by atoms with Crippen LogP contribution in [0.4, 0.5) is 11.8 Å². The molecule has 0 bridgehead atoms. The molecular weight excluding hydrogens is 364 g/mol. The minimum absolute atomic E-state index is 0.0805. The van der Waals surface area contributed by atoms with Gasteiger partial charge in [0.05, 0.1) is 11.6 Å². The zero-order chi connectivity index (χ0) is 20.1. The molecule has 0 aliphatic carbocycles. The molecule has 7 heteroatoms. The first kappa shape index (κ1) is 18.9. The number of hydrogen-bond acceptors (Lipinski definition) is 6. The van der Waals surface area contributed by atoms with Gasteiger partial charge in [-0.15, -0.1) is 0 Å². The van der Waals surface area contributed by atoms with E-state index in [0.717, 1.165) is 37.6 Å². The summed E-state index contributed by atoms with van der Waals surface area (Å²) < 4.78 is 0. The maximum Gasteiger partial charge on any atom is 0.254 e. The Hall–Kier alpha value is -3.48. The van der Waals surface area contributed by atoms with E-state index in [1.807, 2.05) is 61.7 Å². The van der Waals surface area contributed by atoms with E-state index >= 15 is 0 Å². The Kier molecular flexibility index (Phi) is 5.65. The van der Waals surface area contributed by atoms with Crippen LogP contribution in [0.1, 0.15) is 28.9 Å².